The number of hydrogen-bond donors (Lipinski definition) is 3. The number of amidine groups is 1. The zero-order valence-electron chi connectivity index (χ0n) is 18.5. The quantitative estimate of drug-likeness (QED) is 0.207. The Bertz CT molecular complexity index is 1320. The number of carbonyl (C=O) groups excluding carboxylic acids is 1. The van der Waals surface area contributed by atoms with Crippen molar-refractivity contribution in [2.75, 3.05) is 18.5 Å². The van der Waals surface area contributed by atoms with Gasteiger partial charge < -0.3 is 15.8 Å². The molecule has 1 fully saturated rings. The molecule has 2 aliphatic rings. The number of aromatic nitrogens is 4. The molecule has 3 aromatic heterocycles. The topological polar surface area (TPSA) is 149 Å². The lowest BCUT2D eigenvalue weighted by atomic mass is 9.88. The molecule has 0 radical (unpaired) electrons. The second-order valence-electron chi connectivity index (χ2n) is 9.04. The van der Waals surface area contributed by atoms with Crippen molar-refractivity contribution >= 4 is 46.3 Å². The van der Waals surface area contributed by atoms with Crippen molar-refractivity contribution in [1.29, 1.82) is 0 Å². The summed E-state index contributed by atoms with van der Waals surface area (Å²) >= 11 is 12.5. The predicted octanol–water partition coefficient (Wildman–Crippen LogP) is 2.03. The number of carbonyl (C=O) groups is 1. The number of hydrazone groups is 1. The van der Waals surface area contributed by atoms with E-state index in [0.29, 0.717) is 36.1 Å². The summed E-state index contributed by atoms with van der Waals surface area (Å²) < 4.78 is 6.81. The fourth-order valence-electron chi connectivity index (χ4n) is 4.36. The first-order chi connectivity index (χ1) is 16.1. The smallest absolute Gasteiger partial charge is 0.232 e. The standard InChI is InChI=1S/C21H23Cl2N9O2/c1-21(2)5-12(13-7-26-16-4-15(23)29-31(16)18(13)21)20(33)28-10-3-14(22)17(27-6-10)19(24)30-32(25)11-8-34-9-11/h3-4,6-7,11-12H,5,8-9,25H2,1-2H3,(H2,24,30)(H,28,33). The fourth-order valence-corrected chi connectivity index (χ4v) is 4.79. The molecule has 1 aliphatic heterocycles. The molecule has 11 nitrogen and oxygen atoms in total. The largest absolute Gasteiger partial charge is 0.380 e. The van der Waals surface area contributed by atoms with Crippen LogP contribution in [-0.4, -0.2) is 55.7 Å². The minimum Gasteiger partial charge on any atom is -0.380 e. The highest BCUT2D eigenvalue weighted by atomic mass is 35.5. The summed E-state index contributed by atoms with van der Waals surface area (Å²) in [7, 11) is 0. The molecule has 5 N–H and O–H groups in total. The summed E-state index contributed by atoms with van der Waals surface area (Å²) in [6, 6.07) is 3.23. The molecule has 0 bridgehead atoms. The van der Waals surface area contributed by atoms with Gasteiger partial charge in [0.15, 0.2) is 16.6 Å². The van der Waals surface area contributed by atoms with Crippen LogP contribution < -0.4 is 16.9 Å². The highest BCUT2D eigenvalue weighted by Crippen LogP contribution is 2.46. The van der Waals surface area contributed by atoms with E-state index in [9.17, 15) is 4.79 Å². The number of halogens is 2. The first-order valence-corrected chi connectivity index (χ1v) is 11.4. The van der Waals surface area contributed by atoms with E-state index in [-0.39, 0.29) is 33.9 Å². The van der Waals surface area contributed by atoms with Crippen LogP contribution in [0.5, 0.6) is 0 Å². The van der Waals surface area contributed by atoms with Crippen LogP contribution in [0.4, 0.5) is 5.69 Å². The van der Waals surface area contributed by atoms with E-state index >= 15 is 0 Å². The van der Waals surface area contributed by atoms with Crippen LogP contribution in [0.1, 0.15) is 43.1 Å². The molecule has 5 rings (SSSR count). The molecular formula is C21H23Cl2N9O2. The average Bonchev–Trinajstić information content (AvgIpc) is 3.22. The SMILES string of the molecule is CC1(C)CC(C(=O)Nc2cnc(/C(N)=N/N(N)C3COC3)c(Cl)c2)c2cnc3cc(Cl)nn3c21. The van der Waals surface area contributed by atoms with Gasteiger partial charge in [0.25, 0.3) is 0 Å². The third kappa shape index (κ3) is 3.94. The van der Waals surface area contributed by atoms with E-state index in [2.05, 4.69) is 39.3 Å². The lowest BCUT2D eigenvalue weighted by Gasteiger charge is -2.31. The number of amides is 1. The van der Waals surface area contributed by atoms with Gasteiger partial charge in [0, 0.05) is 23.2 Å². The van der Waals surface area contributed by atoms with Crippen LogP contribution >= 0.6 is 23.2 Å². The number of anilines is 1. The lowest BCUT2D eigenvalue weighted by Crippen LogP contribution is -2.50. The Balaban J connectivity index is 1.37. The van der Waals surface area contributed by atoms with Gasteiger partial charge in [0.2, 0.25) is 5.91 Å². The number of fused-ring (bicyclic) bond motifs is 3. The monoisotopic (exact) mass is 503 g/mol. The number of nitrogens with zero attached hydrogens (tertiary/aromatic N) is 6. The van der Waals surface area contributed by atoms with Gasteiger partial charge in [-0.05, 0) is 12.5 Å². The fraction of sp³-hybridized carbons (Fsp3) is 0.381. The molecule has 13 heteroatoms. The van der Waals surface area contributed by atoms with Gasteiger partial charge in [-0.3, -0.25) is 4.79 Å². The van der Waals surface area contributed by atoms with E-state index in [1.54, 1.807) is 22.8 Å². The first kappa shape index (κ1) is 22.8. The van der Waals surface area contributed by atoms with Crippen molar-refractivity contribution in [2.24, 2.45) is 16.7 Å². The summed E-state index contributed by atoms with van der Waals surface area (Å²) in [5.74, 6) is 5.31. The van der Waals surface area contributed by atoms with Gasteiger partial charge in [-0.15, -0.1) is 5.10 Å². The Labute approximate surface area is 205 Å². The Morgan fingerprint density at radius 3 is 2.74 bits per heavy atom. The Morgan fingerprint density at radius 1 is 1.29 bits per heavy atom. The molecule has 34 heavy (non-hydrogen) atoms. The van der Waals surface area contributed by atoms with Crippen molar-refractivity contribution in [3.8, 4) is 0 Å². The molecule has 0 saturated carbocycles. The molecule has 0 aromatic carbocycles. The van der Waals surface area contributed by atoms with Crippen molar-refractivity contribution in [3.05, 3.63) is 51.7 Å². The van der Waals surface area contributed by atoms with Crippen LogP contribution in [0.3, 0.4) is 0 Å². The highest BCUT2D eigenvalue weighted by Gasteiger charge is 2.43. The second-order valence-corrected chi connectivity index (χ2v) is 9.83. The first-order valence-electron chi connectivity index (χ1n) is 10.6. The van der Waals surface area contributed by atoms with Crippen molar-refractivity contribution in [1.82, 2.24) is 24.7 Å². The Hall–Kier alpha value is -2.99. The van der Waals surface area contributed by atoms with Crippen LogP contribution in [0, 0.1) is 0 Å². The highest BCUT2D eigenvalue weighted by molar-refractivity contribution is 6.34. The second kappa shape index (κ2) is 8.35. The maximum absolute atomic E-state index is 13.2. The van der Waals surface area contributed by atoms with Gasteiger partial charge in [-0.25, -0.2) is 25.4 Å². The molecule has 3 aromatic rings. The number of nitrogens with one attached hydrogen (secondary N) is 1. The predicted molar refractivity (Wildman–Crippen MR) is 128 cm³/mol. The number of nitrogens with two attached hydrogens (primary N) is 2. The summed E-state index contributed by atoms with van der Waals surface area (Å²) in [5.41, 5.74) is 8.79. The summed E-state index contributed by atoms with van der Waals surface area (Å²) in [6.07, 6.45) is 3.78. The molecule has 1 unspecified atom stereocenters. The summed E-state index contributed by atoms with van der Waals surface area (Å²) in [6.45, 7) is 5.10. The molecular weight excluding hydrogens is 481 g/mol. The summed E-state index contributed by atoms with van der Waals surface area (Å²) in [4.78, 5) is 21.9. The van der Waals surface area contributed by atoms with E-state index in [0.717, 1.165) is 11.3 Å². The van der Waals surface area contributed by atoms with Crippen LogP contribution in [0.25, 0.3) is 5.65 Å². The number of pyridine rings is 1. The number of ether oxygens (including phenoxy) is 1. The molecule has 0 spiro atoms. The van der Waals surface area contributed by atoms with Gasteiger partial charge in [0.05, 0.1) is 41.7 Å². The lowest BCUT2D eigenvalue weighted by molar-refractivity contribution is -0.117. The van der Waals surface area contributed by atoms with Crippen LogP contribution in [0.15, 0.2) is 29.6 Å². The number of hydrazine groups is 1. The van der Waals surface area contributed by atoms with Crippen molar-refractivity contribution < 1.29 is 9.53 Å². The zero-order valence-corrected chi connectivity index (χ0v) is 20.0. The molecule has 178 valence electrons. The Kier molecular flexibility index (Phi) is 5.59. The van der Waals surface area contributed by atoms with E-state index < -0.39 is 5.92 Å². The minimum absolute atomic E-state index is 0.0390. The van der Waals surface area contributed by atoms with Crippen molar-refractivity contribution in [2.45, 2.75) is 37.6 Å². The molecule has 1 atom stereocenters. The molecule has 1 saturated heterocycles. The van der Waals surface area contributed by atoms with Crippen LogP contribution in [0.2, 0.25) is 10.2 Å². The zero-order chi connectivity index (χ0) is 24.2. The molecule has 1 aliphatic carbocycles. The van der Waals surface area contributed by atoms with Gasteiger partial charge >= 0.3 is 0 Å². The summed E-state index contributed by atoms with van der Waals surface area (Å²) in [5, 5.41) is 13.2. The minimum atomic E-state index is -0.426. The normalized spacial score (nSPS) is 19.7. The van der Waals surface area contributed by atoms with Crippen molar-refractivity contribution in [3.63, 3.8) is 0 Å². The van der Waals surface area contributed by atoms with Crippen LogP contribution in [-0.2, 0) is 14.9 Å². The van der Waals surface area contributed by atoms with Gasteiger partial charge in [-0.1, -0.05) is 37.0 Å². The van der Waals surface area contributed by atoms with Gasteiger partial charge in [-0.2, -0.15) is 5.10 Å². The third-order valence-corrected chi connectivity index (χ3v) is 6.57. The number of rotatable bonds is 5. The average molecular weight is 504 g/mol. The molecule has 4 heterocycles. The van der Waals surface area contributed by atoms with E-state index in [1.165, 1.54) is 11.3 Å². The maximum atomic E-state index is 13.2. The Morgan fingerprint density at radius 2 is 2.06 bits per heavy atom. The van der Waals surface area contributed by atoms with E-state index in [4.69, 9.17) is 39.5 Å². The third-order valence-electron chi connectivity index (χ3n) is 6.10. The molecule has 1 amide bonds. The number of hydrogen-bond acceptors (Lipinski definition) is 8. The van der Waals surface area contributed by atoms with E-state index in [1.807, 2.05) is 0 Å². The maximum Gasteiger partial charge on any atom is 0.232 e. The van der Waals surface area contributed by atoms with Gasteiger partial charge in [0.1, 0.15) is 11.7 Å².